The van der Waals surface area contributed by atoms with Crippen LogP contribution in [0.15, 0.2) is 0 Å². The number of hydrogen-bond donors (Lipinski definition) is 2. The van der Waals surface area contributed by atoms with Gasteiger partial charge >= 0.3 is 41.5 Å². The van der Waals surface area contributed by atoms with Crippen molar-refractivity contribution in [2.45, 2.75) is 232 Å². The van der Waals surface area contributed by atoms with Crippen molar-refractivity contribution in [2.75, 3.05) is 26.4 Å². The molecule has 2 unspecified atom stereocenters. The van der Waals surface area contributed by atoms with Crippen LogP contribution in [-0.2, 0) is 32.7 Å². The number of carbonyl (C=O) groups excluding carboxylic acids is 2. The second kappa shape index (κ2) is 42.6. The number of phosphoric ester groups is 1. The standard InChI is InChI=1S/C42H83O10P.Na/c1-3-5-7-9-11-13-15-17-19-21-23-25-27-29-31-33-41(45)49-37-40(38-51-53(47,48)50-36-39(44)35-43)52-42(46)34-32-30-28-26-24-22-20-18-16-14-12-10-8-6-4-2;/h39-40,43-44H,3-38H2,1-2H3,(H,47,48);/q;+1/p-1/t39?,40-;/m1./s1. The maximum atomic E-state index is 12.6. The van der Waals surface area contributed by atoms with Crippen LogP contribution in [0, 0.1) is 0 Å². The quantitative estimate of drug-likeness (QED) is 0.0271. The minimum absolute atomic E-state index is 0. The Morgan fingerprint density at radius 2 is 0.833 bits per heavy atom. The van der Waals surface area contributed by atoms with Crippen LogP contribution >= 0.6 is 7.82 Å². The first-order chi connectivity index (χ1) is 25.7. The fourth-order valence-electron chi connectivity index (χ4n) is 6.34. The van der Waals surface area contributed by atoms with Crippen LogP contribution in [0.5, 0.6) is 0 Å². The predicted molar refractivity (Wildman–Crippen MR) is 213 cm³/mol. The third-order valence-corrected chi connectivity index (χ3v) is 10.7. The first kappa shape index (κ1) is 56.1. The molecule has 0 bridgehead atoms. The molecule has 0 aromatic carbocycles. The summed E-state index contributed by atoms with van der Waals surface area (Å²) in [4.78, 5) is 37.1. The Morgan fingerprint density at radius 3 is 1.19 bits per heavy atom. The predicted octanol–water partition coefficient (Wildman–Crippen LogP) is 7.82. The smallest absolute Gasteiger partial charge is 0.756 e. The monoisotopic (exact) mass is 801 g/mol. The Morgan fingerprint density at radius 1 is 0.519 bits per heavy atom. The van der Waals surface area contributed by atoms with Crippen molar-refractivity contribution in [3.05, 3.63) is 0 Å². The van der Waals surface area contributed by atoms with Crippen molar-refractivity contribution >= 4 is 19.8 Å². The number of carbonyl (C=O) groups is 2. The van der Waals surface area contributed by atoms with Crippen LogP contribution in [0.3, 0.4) is 0 Å². The van der Waals surface area contributed by atoms with Crippen LogP contribution in [-0.4, -0.2) is 60.8 Å². The first-order valence-corrected chi connectivity index (χ1v) is 23.4. The fourth-order valence-corrected chi connectivity index (χ4v) is 7.12. The first-order valence-electron chi connectivity index (χ1n) is 22.0. The molecule has 0 saturated carbocycles. The van der Waals surface area contributed by atoms with Gasteiger partial charge in [-0.2, -0.15) is 0 Å². The number of phosphoric acid groups is 1. The number of aliphatic hydroxyl groups is 2. The van der Waals surface area contributed by atoms with Crippen molar-refractivity contribution < 1.29 is 77.3 Å². The molecule has 0 saturated heterocycles. The van der Waals surface area contributed by atoms with E-state index in [2.05, 4.69) is 18.4 Å². The van der Waals surface area contributed by atoms with Crippen molar-refractivity contribution in [3.63, 3.8) is 0 Å². The van der Waals surface area contributed by atoms with Crippen LogP contribution < -0.4 is 34.5 Å². The van der Waals surface area contributed by atoms with E-state index in [9.17, 15) is 24.2 Å². The van der Waals surface area contributed by atoms with E-state index in [0.29, 0.717) is 12.8 Å². The average Bonchev–Trinajstić information content (AvgIpc) is 3.14. The van der Waals surface area contributed by atoms with Gasteiger partial charge in [-0.25, -0.2) is 0 Å². The molecule has 0 rings (SSSR count). The van der Waals surface area contributed by atoms with E-state index in [1.165, 1.54) is 141 Å². The zero-order valence-corrected chi connectivity index (χ0v) is 38.1. The summed E-state index contributed by atoms with van der Waals surface area (Å²) >= 11 is 0. The molecule has 2 N–H and O–H groups in total. The summed E-state index contributed by atoms with van der Waals surface area (Å²) in [6, 6.07) is 0. The summed E-state index contributed by atoms with van der Waals surface area (Å²) in [7, 11) is -4.86. The van der Waals surface area contributed by atoms with Crippen molar-refractivity contribution in [1.82, 2.24) is 0 Å². The van der Waals surface area contributed by atoms with Crippen LogP contribution in [0.1, 0.15) is 219 Å². The van der Waals surface area contributed by atoms with Crippen LogP contribution in [0.25, 0.3) is 0 Å². The Kier molecular flexibility index (Phi) is 44.2. The van der Waals surface area contributed by atoms with E-state index in [0.717, 1.165) is 38.5 Å². The van der Waals surface area contributed by atoms with Gasteiger partial charge in [-0.1, -0.05) is 194 Å². The van der Waals surface area contributed by atoms with Gasteiger partial charge in [-0.3, -0.25) is 14.2 Å². The molecule has 0 aliphatic rings. The molecule has 54 heavy (non-hydrogen) atoms. The van der Waals surface area contributed by atoms with Gasteiger partial charge in [-0.15, -0.1) is 0 Å². The molecule has 12 heteroatoms. The largest absolute Gasteiger partial charge is 1.00 e. The third kappa shape index (κ3) is 41.6. The van der Waals surface area contributed by atoms with E-state index in [4.69, 9.17) is 19.1 Å². The minimum atomic E-state index is -4.86. The van der Waals surface area contributed by atoms with E-state index in [1.807, 2.05) is 0 Å². The summed E-state index contributed by atoms with van der Waals surface area (Å²) in [5.74, 6) is -0.945. The fraction of sp³-hybridized carbons (Fsp3) is 0.952. The van der Waals surface area contributed by atoms with Crippen molar-refractivity contribution in [2.24, 2.45) is 0 Å². The normalized spacial score (nSPS) is 13.6. The molecule has 0 heterocycles. The third-order valence-electron chi connectivity index (χ3n) is 9.75. The van der Waals surface area contributed by atoms with Gasteiger partial charge in [0, 0.05) is 12.8 Å². The van der Waals surface area contributed by atoms with Crippen molar-refractivity contribution in [1.29, 1.82) is 0 Å². The average molecular weight is 801 g/mol. The summed E-state index contributed by atoms with van der Waals surface area (Å²) in [6.45, 7) is 2.24. The number of unbranched alkanes of at least 4 members (excludes halogenated alkanes) is 28. The maximum Gasteiger partial charge on any atom is 1.00 e. The second-order valence-electron chi connectivity index (χ2n) is 15.1. The summed E-state index contributed by atoms with van der Waals surface area (Å²) in [6.07, 6.45) is 34.7. The molecule has 0 aliphatic carbocycles. The Balaban J connectivity index is 0. The Bertz CT molecular complexity index is 865. The summed E-state index contributed by atoms with van der Waals surface area (Å²) < 4.78 is 32.3. The van der Waals surface area contributed by atoms with Crippen molar-refractivity contribution in [3.8, 4) is 0 Å². The molecule has 0 aromatic heterocycles. The van der Waals surface area contributed by atoms with Crippen LogP contribution in [0.2, 0.25) is 0 Å². The number of aliphatic hydroxyl groups excluding tert-OH is 2. The van der Waals surface area contributed by atoms with Gasteiger partial charge in [0.2, 0.25) is 0 Å². The Hall–Kier alpha value is -0.0300. The second-order valence-corrected chi connectivity index (χ2v) is 16.5. The molecule has 0 aromatic rings. The molecule has 10 nitrogen and oxygen atoms in total. The number of hydrogen-bond acceptors (Lipinski definition) is 10. The topological polar surface area (TPSA) is 152 Å². The summed E-state index contributed by atoms with van der Waals surface area (Å²) in [5, 5.41) is 18.3. The SMILES string of the molecule is CCCCCCCCCCCCCCCCCC(=O)OC[C@H](COP(=O)([O-])OCC(O)CO)OC(=O)CCCCCCCCCCCCCCCCC.[Na+]. The van der Waals surface area contributed by atoms with Gasteiger partial charge in [0.05, 0.1) is 19.8 Å². The van der Waals surface area contributed by atoms with Gasteiger partial charge in [0.1, 0.15) is 12.7 Å². The zero-order valence-electron chi connectivity index (χ0n) is 35.2. The summed E-state index contributed by atoms with van der Waals surface area (Å²) in [5.41, 5.74) is 0. The molecule has 0 amide bonds. The molecule has 0 fully saturated rings. The van der Waals surface area contributed by atoms with Gasteiger partial charge in [-0.05, 0) is 12.8 Å². The van der Waals surface area contributed by atoms with Gasteiger partial charge < -0.3 is 33.6 Å². The molecule has 0 aliphatic heterocycles. The zero-order chi connectivity index (χ0) is 39.1. The van der Waals surface area contributed by atoms with E-state index >= 15 is 0 Å². The molecule has 316 valence electrons. The van der Waals surface area contributed by atoms with Crippen LogP contribution in [0.4, 0.5) is 0 Å². The molecule has 0 radical (unpaired) electrons. The number of esters is 2. The molecule has 3 atom stereocenters. The number of rotatable bonds is 42. The van der Waals surface area contributed by atoms with E-state index in [1.54, 1.807) is 0 Å². The molecule has 0 spiro atoms. The van der Waals surface area contributed by atoms with E-state index < -0.39 is 51.8 Å². The Labute approximate surface area is 353 Å². The van der Waals surface area contributed by atoms with E-state index in [-0.39, 0.29) is 49.0 Å². The van der Waals surface area contributed by atoms with Gasteiger partial charge in [0.15, 0.2) is 6.10 Å². The molecular weight excluding hydrogens is 718 g/mol. The maximum absolute atomic E-state index is 12.6. The van der Waals surface area contributed by atoms with Gasteiger partial charge in [0.25, 0.3) is 7.82 Å². The number of ether oxygens (including phenoxy) is 2. The molecular formula is C42H82NaO10P. The minimum Gasteiger partial charge on any atom is -0.756 e.